The van der Waals surface area contributed by atoms with Crippen LogP contribution < -0.4 is 5.19 Å². The highest BCUT2D eigenvalue weighted by atomic mass is 35.6. The van der Waals surface area contributed by atoms with E-state index < -0.39 is 7.79 Å². The van der Waals surface area contributed by atoms with Gasteiger partial charge in [-0.25, -0.2) is 0 Å². The molecule has 1 aliphatic rings. The molecule has 0 radical (unpaired) electrons. The Labute approximate surface area is 125 Å². The van der Waals surface area contributed by atoms with Gasteiger partial charge < -0.3 is 4.43 Å². The van der Waals surface area contributed by atoms with E-state index in [1.807, 2.05) is 36.4 Å². The first-order valence-electron chi connectivity index (χ1n) is 6.83. The summed E-state index contributed by atoms with van der Waals surface area (Å²) in [5.41, 5.74) is 1.19. The first kappa shape index (κ1) is 13.8. The van der Waals surface area contributed by atoms with Gasteiger partial charge in [0.2, 0.25) is 0 Å². The Morgan fingerprint density at radius 3 is 2.15 bits per heavy atom. The van der Waals surface area contributed by atoms with Crippen LogP contribution in [0.15, 0.2) is 60.7 Å². The predicted molar refractivity (Wildman–Crippen MR) is 85.2 cm³/mol. The van der Waals surface area contributed by atoms with Crippen molar-refractivity contribution in [3.63, 3.8) is 0 Å². The van der Waals surface area contributed by atoms with E-state index in [1.165, 1.54) is 5.56 Å². The number of benzene rings is 2. The molecule has 0 aliphatic carbocycles. The van der Waals surface area contributed by atoms with E-state index in [2.05, 4.69) is 42.8 Å². The monoisotopic (exact) mass is 303 g/mol. The summed E-state index contributed by atoms with van der Waals surface area (Å²) in [6, 6.07) is 20.8. The summed E-state index contributed by atoms with van der Waals surface area (Å²) in [4.78, 5) is 0. The molecule has 0 N–H and O–H groups in total. The van der Waals surface area contributed by atoms with E-state index in [1.54, 1.807) is 0 Å². The van der Waals surface area contributed by atoms with Gasteiger partial charge >= 0.3 is 7.79 Å². The molecule has 1 aliphatic heterocycles. The Balaban J connectivity index is 1.97. The number of halogens is 1. The Morgan fingerprint density at radius 1 is 1.00 bits per heavy atom. The fourth-order valence-electron chi connectivity index (χ4n) is 2.72. The van der Waals surface area contributed by atoms with Gasteiger partial charge in [0.05, 0.1) is 6.10 Å². The molecule has 0 bridgehead atoms. The van der Waals surface area contributed by atoms with Gasteiger partial charge in [0, 0.05) is 6.04 Å². The van der Waals surface area contributed by atoms with Gasteiger partial charge in [-0.2, -0.15) is 0 Å². The highest BCUT2D eigenvalue weighted by molar-refractivity contribution is 7.22. The molecule has 1 saturated heterocycles. The molecule has 3 atom stereocenters. The summed E-state index contributed by atoms with van der Waals surface area (Å²) < 4.78 is 8.60. The lowest BCUT2D eigenvalue weighted by Gasteiger charge is -2.26. The zero-order chi connectivity index (χ0) is 14.2. The molecule has 104 valence electrons. The average Bonchev–Trinajstić information content (AvgIpc) is 2.75. The molecule has 0 amide bonds. The smallest absolute Gasteiger partial charge is 0.380 e. The summed E-state index contributed by atoms with van der Waals surface area (Å²) in [5, 5.41) is 1.11. The van der Waals surface area contributed by atoms with Crippen molar-refractivity contribution in [2.24, 2.45) is 0 Å². The Bertz CT molecular complexity index is 580. The van der Waals surface area contributed by atoms with Crippen LogP contribution in [0.25, 0.3) is 0 Å². The van der Waals surface area contributed by atoms with E-state index in [0.29, 0.717) is 0 Å². The molecule has 1 fully saturated rings. The number of hydrogen-bond acceptors (Lipinski definition) is 2. The van der Waals surface area contributed by atoms with Crippen molar-refractivity contribution in [3.05, 3.63) is 66.2 Å². The van der Waals surface area contributed by atoms with Crippen LogP contribution in [-0.2, 0) is 4.43 Å². The molecular weight excluding hydrogens is 286 g/mol. The zero-order valence-corrected chi connectivity index (χ0v) is 13.4. The average molecular weight is 304 g/mol. The van der Waals surface area contributed by atoms with Crippen molar-refractivity contribution >= 4 is 24.1 Å². The topological polar surface area (TPSA) is 12.5 Å². The van der Waals surface area contributed by atoms with Gasteiger partial charge in [-0.1, -0.05) is 60.7 Å². The van der Waals surface area contributed by atoms with E-state index in [-0.39, 0.29) is 12.1 Å². The number of nitrogens with zero attached hydrogens (tertiary/aromatic N) is 1. The van der Waals surface area contributed by atoms with E-state index in [0.717, 1.165) is 5.19 Å². The minimum absolute atomic E-state index is 0.0329. The van der Waals surface area contributed by atoms with Crippen molar-refractivity contribution in [1.29, 1.82) is 0 Å². The largest absolute Gasteiger partial charge is 0.408 e. The van der Waals surface area contributed by atoms with E-state index >= 15 is 0 Å². The van der Waals surface area contributed by atoms with Crippen molar-refractivity contribution in [3.8, 4) is 0 Å². The van der Waals surface area contributed by atoms with Gasteiger partial charge in [0.25, 0.3) is 0 Å². The van der Waals surface area contributed by atoms with Crippen LogP contribution in [0.5, 0.6) is 0 Å². The standard InChI is InChI=1S/C16H18ClNOSi/c1-13-16(14-9-5-3-6-10-14)19-20(17,18(13)2)15-11-7-4-8-12-15/h3-13,16H,1-2H3/t13-,16+,20-/m0/s1. The minimum atomic E-state index is -2.57. The summed E-state index contributed by atoms with van der Waals surface area (Å²) in [7, 11) is -0.500. The van der Waals surface area contributed by atoms with Gasteiger partial charge in [-0.15, -0.1) is 11.1 Å². The lowest BCUT2D eigenvalue weighted by Crippen LogP contribution is -2.55. The fraction of sp³-hybridized carbons (Fsp3) is 0.250. The highest BCUT2D eigenvalue weighted by Gasteiger charge is 2.53. The van der Waals surface area contributed by atoms with Gasteiger partial charge in [0.1, 0.15) is 0 Å². The normalized spacial score (nSPS) is 30.6. The van der Waals surface area contributed by atoms with Crippen LogP contribution in [0.3, 0.4) is 0 Å². The van der Waals surface area contributed by atoms with Crippen molar-refractivity contribution in [2.45, 2.75) is 19.1 Å². The molecule has 0 aromatic heterocycles. The SMILES string of the molecule is C[C@H]1[C@H](c2ccccc2)O[Si@](Cl)(c2ccccc2)N1C. The lowest BCUT2D eigenvalue weighted by atomic mass is 10.0. The van der Waals surface area contributed by atoms with Crippen LogP contribution >= 0.6 is 11.1 Å². The van der Waals surface area contributed by atoms with Crippen molar-refractivity contribution in [2.75, 3.05) is 7.05 Å². The number of likely N-dealkylation sites (N-methyl/N-ethyl adjacent to an activating group) is 1. The summed E-state index contributed by atoms with van der Waals surface area (Å²) >= 11 is 6.93. The molecule has 4 heteroatoms. The molecular formula is C16H18ClNOSi. The van der Waals surface area contributed by atoms with E-state index in [4.69, 9.17) is 15.5 Å². The third kappa shape index (κ3) is 2.21. The molecule has 0 saturated carbocycles. The molecule has 1 heterocycles. The molecule has 2 aromatic carbocycles. The van der Waals surface area contributed by atoms with Crippen LogP contribution in [0.1, 0.15) is 18.6 Å². The van der Waals surface area contributed by atoms with Gasteiger partial charge in [-0.3, -0.25) is 4.57 Å². The Hall–Kier alpha value is -1.13. The maximum Gasteiger partial charge on any atom is 0.408 e. The Kier molecular flexibility index (Phi) is 3.69. The summed E-state index contributed by atoms with van der Waals surface area (Å²) in [5.74, 6) is 0. The minimum Gasteiger partial charge on any atom is -0.380 e. The van der Waals surface area contributed by atoms with Crippen LogP contribution in [0, 0.1) is 0 Å². The van der Waals surface area contributed by atoms with Crippen LogP contribution in [-0.4, -0.2) is 25.4 Å². The molecule has 3 rings (SSSR count). The molecule has 0 unspecified atom stereocenters. The first-order valence-corrected chi connectivity index (χ1v) is 9.70. The quantitative estimate of drug-likeness (QED) is 0.624. The van der Waals surface area contributed by atoms with Crippen molar-refractivity contribution in [1.82, 2.24) is 4.57 Å². The second-order valence-electron chi connectivity index (χ2n) is 5.23. The lowest BCUT2D eigenvalue weighted by molar-refractivity contribution is 0.209. The fourth-order valence-corrected chi connectivity index (χ4v) is 6.49. The van der Waals surface area contributed by atoms with Crippen LogP contribution in [0.2, 0.25) is 0 Å². The highest BCUT2D eigenvalue weighted by Crippen LogP contribution is 2.38. The molecule has 2 aromatic rings. The van der Waals surface area contributed by atoms with E-state index in [9.17, 15) is 0 Å². The maximum absolute atomic E-state index is 6.93. The second-order valence-corrected chi connectivity index (χ2v) is 9.41. The first-order chi connectivity index (χ1) is 9.63. The summed E-state index contributed by atoms with van der Waals surface area (Å²) in [6.45, 7) is 2.18. The molecule has 2 nitrogen and oxygen atoms in total. The van der Waals surface area contributed by atoms with Gasteiger partial charge in [0.15, 0.2) is 0 Å². The number of hydrogen-bond donors (Lipinski definition) is 0. The van der Waals surface area contributed by atoms with Crippen molar-refractivity contribution < 1.29 is 4.43 Å². The molecule has 0 spiro atoms. The Morgan fingerprint density at radius 2 is 1.55 bits per heavy atom. The van der Waals surface area contributed by atoms with Gasteiger partial charge in [-0.05, 0) is 24.7 Å². The third-order valence-electron chi connectivity index (χ3n) is 4.04. The number of rotatable bonds is 2. The maximum atomic E-state index is 6.93. The third-order valence-corrected chi connectivity index (χ3v) is 8.69. The predicted octanol–water partition coefficient (Wildman–Crippen LogP) is 3.16. The summed E-state index contributed by atoms with van der Waals surface area (Å²) in [6.07, 6.45) is 0.0329. The second kappa shape index (κ2) is 5.33. The van der Waals surface area contributed by atoms with Crippen LogP contribution in [0.4, 0.5) is 0 Å². The molecule has 20 heavy (non-hydrogen) atoms. The zero-order valence-electron chi connectivity index (χ0n) is 11.7.